The summed E-state index contributed by atoms with van der Waals surface area (Å²) in [5.41, 5.74) is 0.952. The van der Waals surface area contributed by atoms with E-state index in [2.05, 4.69) is 5.32 Å². The van der Waals surface area contributed by atoms with Gasteiger partial charge in [0.05, 0.1) is 6.42 Å². The second-order valence-corrected chi connectivity index (χ2v) is 6.26. The Morgan fingerprint density at radius 1 is 1.35 bits per heavy atom. The molecule has 3 rings (SSSR count). The highest BCUT2D eigenvalue weighted by Gasteiger charge is 2.44. The van der Waals surface area contributed by atoms with E-state index in [4.69, 9.17) is 11.6 Å². The van der Waals surface area contributed by atoms with Crippen LogP contribution in [0, 0.1) is 5.41 Å². The van der Waals surface area contributed by atoms with Gasteiger partial charge in [-0.3, -0.25) is 9.59 Å². The molecular weight excluding hydrogens is 276 g/mol. The average Bonchev–Trinajstić information content (AvgIpc) is 3.00. The molecule has 1 unspecified atom stereocenters. The fourth-order valence-electron chi connectivity index (χ4n) is 3.08. The van der Waals surface area contributed by atoms with Gasteiger partial charge in [0, 0.05) is 36.5 Å². The van der Waals surface area contributed by atoms with E-state index in [-0.39, 0.29) is 17.2 Å². The molecule has 1 aromatic carbocycles. The highest BCUT2D eigenvalue weighted by atomic mass is 35.5. The Morgan fingerprint density at radius 3 is 2.75 bits per heavy atom. The summed E-state index contributed by atoms with van der Waals surface area (Å²) in [6.45, 7) is 2.15. The van der Waals surface area contributed by atoms with Gasteiger partial charge in [-0.05, 0) is 24.1 Å². The maximum Gasteiger partial charge on any atom is 0.227 e. The molecule has 1 atom stereocenters. The van der Waals surface area contributed by atoms with E-state index >= 15 is 0 Å². The lowest BCUT2D eigenvalue weighted by Crippen LogP contribution is -2.34. The number of halogens is 1. The lowest BCUT2D eigenvalue weighted by molar-refractivity contribution is -0.130. The lowest BCUT2D eigenvalue weighted by Gasteiger charge is -2.21. The quantitative estimate of drug-likeness (QED) is 0.900. The molecule has 106 valence electrons. The minimum Gasteiger partial charge on any atom is -0.355 e. The third-order valence-corrected chi connectivity index (χ3v) is 4.51. The summed E-state index contributed by atoms with van der Waals surface area (Å²) in [4.78, 5) is 25.6. The van der Waals surface area contributed by atoms with E-state index in [0.717, 1.165) is 18.5 Å². The number of rotatable bonds is 2. The number of carbonyl (C=O) groups is 2. The smallest absolute Gasteiger partial charge is 0.227 e. The zero-order valence-electron chi connectivity index (χ0n) is 11.2. The number of amides is 2. The zero-order chi connectivity index (χ0) is 14.2. The van der Waals surface area contributed by atoms with Crippen LogP contribution in [0.25, 0.3) is 0 Å². The normalized spacial score (nSPS) is 25.2. The lowest BCUT2D eigenvalue weighted by atomic mass is 9.86. The van der Waals surface area contributed by atoms with Gasteiger partial charge in [-0.15, -0.1) is 0 Å². The van der Waals surface area contributed by atoms with Gasteiger partial charge in [0.25, 0.3) is 0 Å². The molecule has 2 saturated heterocycles. The predicted octanol–water partition coefficient (Wildman–Crippen LogP) is 1.62. The fraction of sp³-hybridized carbons (Fsp3) is 0.467. The molecule has 2 amide bonds. The van der Waals surface area contributed by atoms with E-state index in [1.54, 1.807) is 12.1 Å². The first kappa shape index (κ1) is 13.4. The first-order valence-corrected chi connectivity index (χ1v) is 7.23. The number of carbonyl (C=O) groups excluding carboxylic acids is 2. The van der Waals surface area contributed by atoms with Crippen LogP contribution in [0.3, 0.4) is 0 Å². The third-order valence-electron chi connectivity index (χ3n) is 4.26. The Kier molecular flexibility index (Phi) is 3.42. The van der Waals surface area contributed by atoms with Crippen molar-refractivity contribution in [1.82, 2.24) is 10.2 Å². The minimum atomic E-state index is -0.0211. The summed E-state index contributed by atoms with van der Waals surface area (Å²) in [5, 5.41) is 3.55. The molecule has 20 heavy (non-hydrogen) atoms. The van der Waals surface area contributed by atoms with Crippen LogP contribution in [0.4, 0.5) is 0 Å². The van der Waals surface area contributed by atoms with Gasteiger partial charge < -0.3 is 10.2 Å². The number of hydrogen-bond donors (Lipinski definition) is 1. The van der Waals surface area contributed by atoms with Gasteiger partial charge in [0.2, 0.25) is 11.8 Å². The summed E-state index contributed by atoms with van der Waals surface area (Å²) < 4.78 is 0. The van der Waals surface area contributed by atoms with Crippen molar-refractivity contribution in [3.8, 4) is 0 Å². The van der Waals surface area contributed by atoms with E-state index in [1.165, 1.54) is 0 Å². The number of benzene rings is 1. The molecule has 2 aliphatic rings. The predicted molar refractivity (Wildman–Crippen MR) is 76.4 cm³/mol. The van der Waals surface area contributed by atoms with Crippen LogP contribution in [0.2, 0.25) is 5.02 Å². The van der Waals surface area contributed by atoms with Crippen molar-refractivity contribution in [3.05, 3.63) is 34.9 Å². The highest BCUT2D eigenvalue weighted by molar-refractivity contribution is 6.30. The molecular formula is C15H17ClN2O2. The summed E-state index contributed by atoms with van der Waals surface area (Å²) in [6.07, 6.45) is 1.87. The van der Waals surface area contributed by atoms with Crippen LogP contribution in [0.5, 0.6) is 0 Å². The van der Waals surface area contributed by atoms with Gasteiger partial charge in [-0.1, -0.05) is 23.7 Å². The number of hydrogen-bond acceptors (Lipinski definition) is 2. The van der Waals surface area contributed by atoms with Crippen molar-refractivity contribution >= 4 is 23.4 Å². The Hall–Kier alpha value is -1.55. The monoisotopic (exact) mass is 292 g/mol. The number of nitrogens with zero attached hydrogens (tertiary/aromatic N) is 1. The molecule has 2 aliphatic heterocycles. The zero-order valence-corrected chi connectivity index (χ0v) is 11.9. The molecule has 2 fully saturated rings. The maximum absolute atomic E-state index is 12.3. The Bertz CT molecular complexity index is 543. The molecule has 1 N–H and O–H groups in total. The molecule has 1 spiro atoms. The molecule has 4 nitrogen and oxygen atoms in total. The van der Waals surface area contributed by atoms with E-state index < -0.39 is 0 Å². The summed E-state index contributed by atoms with van der Waals surface area (Å²) >= 11 is 5.84. The Morgan fingerprint density at radius 2 is 2.10 bits per heavy atom. The second kappa shape index (κ2) is 5.09. The van der Waals surface area contributed by atoms with Crippen molar-refractivity contribution in [2.75, 3.05) is 19.6 Å². The summed E-state index contributed by atoms with van der Waals surface area (Å²) in [7, 11) is 0. The van der Waals surface area contributed by atoms with Crippen LogP contribution in [-0.4, -0.2) is 36.3 Å². The molecule has 1 aromatic rings. The third kappa shape index (κ3) is 2.66. The Labute approximate surface area is 123 Å². The van der Waals surface area contributed by atoms with Gasteiger partial charge in [0.1, 0.15) is 0 Å². The maximum atomic E-state index is 12.3. The number of likely N-dealkylation sites (tertiary alicyclic amines) is 1. The SMILES string of the molecule is O=C1CC2(CCN(C(=O)Cc3ccc(Cl)cc3)C2)CN1. The fourth-order valence-corrected chi connectivity index (χ4v) is 3.20. The van der Waals surface area contributed by atoms with Gasteiger partial charge in [0.15, 0.2) is 0 Å². The molecule has 0 saturated carbocycles. The Balaban J connectivity index is 1.61. The van der Waals surface area contributed by atoms with E-state index in [1.807, 2.05) is 17.0 Å². The average molecular weight is 293 g/mol. The van der Waals surface area contributed by atoms with Crippen LogP contribution in [0.15, 0.2) is 24.3 Å². The van der Waals surface area contributed by atoms with Crippen molar-refractivity contribution < 1.29 is 9.59 Å². The number of nitrogens with one attached hydrogen (secondary N) is 1. The van der Waals surface area contributed by atoms with Gasteiger partial charge in [-0.2, -0.15) is 0 Å². The molecule has 5 heteroatoms. The highest BCUT2D eigenvalue weighted by Crippen LogP contribution is 2.36. The topological polar surface area (TPSA) is 49.4 Å². The molecule has 0 aromatic heterocycles. The molecule has 2 heterocycles. The molecule has 0 radical (unpaired) electrons. The molecule has 0 aliphatic carbocycles. The van der Waals surface area contributed by atoms with Crippen molar-refractivity contribution in [2.24, 2.45) is 5.41 Å². The van der Waals surface area contributed by atoms with Crippen molar-refractivity contribution in [2.45, 2.75) is 19.3 Å². The van der Waals surface area contributed by atoms with Crippen LogP contribution in [0.1, 0.15) is 18.4 Å². The summed E-state index contributed by atoms with van der Waals surface area (Å²) in [5.74, 6) is 0.237. The first-order valence-electron chi connectivity index (χ1n) is 6.85. The van der Waals surface area contributed by atoms with E-state index in [0.29, 0.717) is 31.0 Å². The van der Waals surface area contributed by atoms with Crippen LogP contribution < -0.4 is 5.32 Å². The standard InChI is InChI=1S/C15H17ClN2O2/c16-12-3-1-11(2-4-12)7-14(20)18-6-5-15(10-18)8-13(19)17-9-15/h1-4H,5-10H2,(H,17,19). The van der Waals surface area contributed by atoms with Crippen LogP contribution >= 0.6 is 11.6 Å². The van der Waals surface area contributed by atoms with Gasteiger partial charge in [-0.25, -0.2) is 0 Å². The second-order valence-electron chi connectivity index (χ2n) is 5.82. The van der Waals surface area contributed by atoms with Crippen molar-refractivity contribution in [1.29, 1.82) is 0 Å². The largest absolute Gasteiger partial charge is 0.355 e. The van der Waals surface area contributed by atoms with Crippen LogP contribution in [-0.2, 0) is 16.0 Å². The minimum absolute atomic E-state index is 0.0211. The van der Waals surface area contributed by atoms with Gasteiger partial charge >= 0.3 is 0 Å². The summed E-state index contributed by atoms with van der Waals surface area (Å²) in [6, 6.07) is 7.36. The molecule has 0 bridgehead atoms. The van der Waals surface area contributed by atoms with Crippen molar-refractivity contribution in [3.63, 3.8) is 0 Å². The van der Waals surface area contributed by atoms with E-state index in [9.17, 15) is 9.59 Å². The first-order chi connectivity index (χ1) is 9.56.